The monoisotopic (exact) mass is 223 g/mol. The number of hydrogen-bond donors (Lipinski definition) is 0. The molecule has 0 saturated heterocycles. The predicted molar refractivity (Wildman–Crippen MR) is 55.6 cm³/mol. The van der Waals surface area contributed by atoms with Crippen LogP contribution in [0.2, 0.25) is 0 Å². The molecule has 1 aromatic carbocycles. The molecule has 62 valence electrons. The minimum Gasteiger partial charge on any atom is -0.351 e. The number of fused-ring (bicyclic) bond motifs is 1. The number of aromatic nitrogens is 1. The lowest BCUT2D eigenvalue weighted by molar-refractivity contribution is 0.969. The van der Waals surface area contributed by atoms with Crippen LogP contribution in [0.5, 0.6) is 0 Å². The average molecular weight is 224 g/mol. The fraction of sp³-hybridized carbons (Fsp3) is 0.200. The molecule has 1 nitrogen and oxygen atoms in total. The van der Waals surface area contributed by atoms with Crippen molar-refractivity contribution in [2.24, 2.45) is 7.05 Å². The highest BCUT2D eigenvalue weighted by Crippen LogP contribution is 2.20. The van der Waals surface area contributed by atoms with Crippen LogP contribution in [0.15, 0.2) is 30.5 Å². The van der Waals surface area contributed by atoms with Crippen molar-refractivity contribution in [3.63, 3.8) is 0 Å². The van der Waals surface area contributed by atoms with Crippen molar-refractivity contribution < 1.29 is 0 Å². The second-order valence-corrected chi connectivity index (χ2v) is 3.47. The molecule has 1 aromatic heterocycles. The summed E-state index contributed by atoms with van der Waals surface area (Å²) in [6, 6.07) is 8.55. The first-order valence-corrected chi connectivity index (χ1v) is 5.04. The highest BCUT2D eigenvalue weighted by atomic mass is 79.9. The molecular weight excluding hydrogens is 214 g/mol. The fourth-order valence-corrected chi connectivity index (χ4v) is 1.97. The van der Waals surface area contributed by atoms with Crippen LogP contribution < -0.4 is 0 Å². The zero-order chi connectivity index (χ0) is 8.55. The molecule has 0 N–H and O–H groups in total. The van der Waals surface area contributed by atoms with Crippen LogP contribution in [-0.4, -0.2) is 4.57 Å². The van der Waals surface area contributed by atoms with Gasteiger partial charge in [-0.1, -0.05) is 28.1 Å². The summed E-state index contributed by atoms with van der Waals surface area (Å²) >= 11 is 3.48. The van der Waals surface area contributed by atoms with Gasteiger partial charge in [0.15, 0.2) is 0 Å². The lowest BCUT2D eigenvalue weighted by atomic mass is 10.1. The van der Waals surface area contributed by atoms with Crippen LogP contribution in [0.3, 0.4) is 0 Å². The summed E-state index contributed by atoms with van der Waals surface area (Å²) in [6.07, 6.45) is 2.09. The molecule has 2 rings (SSSR count). The molecule has 0 spiro atoms. The van der Waals surface area contributed by atoms with E-state index in [1.54, 1.807) is 0 Å². The van der Waals surface area contributed by atoms with Gasteiger partial charge in [0, 0.05) is 29.5 Å². The first-order valence-electron chi connectivity index (χ1n) is 3.92. The number of aryl methyl sites for hydroxylation is 1. The van der Waals surface area contributed by atoms with Crippen LogP contribution in [0.25, 0.3) is 10.9 Å². The standard InChI is InChI=1S/C10H10BrN/c1-12-6-5-9-8(7-11)3-2-4-10(9)12/h2-6H,7H2,1H3. The zero-order valence-corrected chi connectivity index (χ0v) is 8.51. The van der Waals surface area contributed by atoms with Crippen molar-refractivity contribution in [3.05, 3.63) is 36.0 Å². The highest BCUT2D eigenvalue weighted by molar-refractivity contribution is 9.08. The maximum Gasteiger partial charge on any atom is 0.0480 e. The summed E-state index contributed by atoms with van der Waals surface area (Å²) in [5.41, 5.74) is 2.65. The molecule has 0 radical (unpaired) electrons. The van der Waals surface area contributed by atoms with Gasteiger partial charge in [-0.25, -0.2) is 0 Å². The Morgan fingerprint density at radius 1 is 1.33 bits per heavy atom. The Kier molecular flexibility index (Phi) is 1.93. The molecule has 0 aliphatic heterocycles. The van der Waals surface area contributed by atoms with Gasteiger partial charge in [0.25, 0.3) is 0 Å². The lowest BCUT2D eigenvalue weighted by Gasteiger charge is -1.99. The summed E-state index contributed by atoms with van der Waals surface area (Å²) in [5.74, 6) is 0. The van der Waals surface area contributed by atoms with Gasteiger partial charge >= 0.3 is 0 Å². The van der Waals surface area contributed by atoms with E-state index in [2.05, 4.69) is 58.0 Å². The smallest absolute Gasteiger partial charge is 0.0480 e. The third-order valence-corrected chi connectivity index (χ3v) is 2.77. The van der Waals surface area contributed by atoms with E-state index < -0.39 is 0 Å². The first kappa shape index (κ1) is 7.87. The SMILES string of the molecule is Cn1ccc2c(CBr)cccc21. The van der Waals surface area contributed by atoms with Crippen LogP contribution in [-0.2, 0) is 12.4 Å². The Bertz CT molecular complexity index is 403. The predicted octanol–water partition coefficient (Wildman–Crippen LogP) is 3.07. The maximum absolute atomic E-state index is 3.48. The molecule has 0 unspecified atom stereocenters. The average Bonchev–Trinajstić information content (AvgIpc) is 2.48. The maximum atomic E-state index is 3.48. The minimum atomic E-state index is 0.925. The Morgan fingerprint density at radius 2 is 2.17 bits per heavy atom. The molecule has 0 aliphatic rings. The van der Waals surface area contributed by atoms with E-state index in [1.807, 2.05) is 0 Å². The number of hydrogen-bond acceptors (Lipinski definition) is 0. The second-order valence-electron chi connectivity index (χ2n) is 2.91. The quantitative estimate of drug-likeness (QED) is 0.656. The molecular formula is C10H10BrN. The van der Waals surface area contributed by atoms with Gasteiger partial charge in [0.1, 0.15) is 0 Å². The van der Waals surface area contributed by atoms with E-state index >= 15 is 0 Å². The van der Waals surface area contributed by atoms with Crippen molar-refractivity contribution in [2.45, 2.75) is 5.33 Å². The van der Waals surface area contributed by atoms with Gasteiger partial charge in [0.05, 0.1) is 0 Å². The van der Waals surface area contributed by atoms with E-state index in [0.29, 0.717) is 0 Å². The summed E-state index contributed by atoms with van der Waals surface area (Å²) in [4.78, 5) is 0. The normalized spacial score (nSPS) is 10.8. The van der Waals surface area contributed by atoms with Crippen molar-refractivity contribution in [1.29, 1.82) is 0 Å². The van der Waals surface area contributed by atoms with Crippen LogP contribution in [0.1, 0.15) is 5.56 Å². The molecule has 1 heterocycles. The first-order chi connectivity index (χ1) is 5.83. The molecule has 0 aliphatic carbocycles. The summed E-state index contributed by atoms with van der Waals surface area (Å²) in [5, 5.41) is 2.27. The van der Waals surface area contributed by atoms with Gasteiger partial charge in [0.2, 0.25) is 0 Å². The zero-order valence-electron chi connectivity index (χ0n) is 6.92. The Balaban J connectivity index is 2.81. The van der Waals surface area contributed by atoms with Crippen molar-refractivity contribution in [1.82, 2.24) is 4.57 Å². The fourth-order valence-electron chi connectivity index (χ4n) is 1.48. The third kappa shape index (κ3) is 1.07. The molecule has 0 saturated carbocycles. The van der Waals surface area contributed by atoms with Gasteiger partial charge in [-0.15, -0.1) is 0 Å². The van der Waals surface area contributed by atoms with Gasteiger partial charge in [-0.05, 0) is 17.7 Å². The highest BCUT2D eigenvalue weighted by Gasteiger charge is 2.00. The Labute approximate surface area is 80.1 Å². The summed E-state index contributed by atoms with van der Waals surface area (Å²) in [7, 11) is 2.07. The Morgan fingerprint density at radius 3 is 2.92 bits per heavy atom. The second kappa shape index (κ2) is 2.94. The van der Waals surface area contributed by atoms with Crippen LogP contribution in [0, 0.1) is 0 Å². The van der Waals surface area contributed by atoms with E-state index in [1.165, 1.54) is 16.5 Å². The van der Waals surface area contributed by atoms with E-state index in [9.17, 15) is 0 Å². The molecule has 0 atom stereocenters. The summed E-state index contributed by atoms with van der Waals surface area (Å²) < 4.78 is 2.14. The van der Waals surface area contributed by atoms with Crippen LogP contribution >= 0.6 is 15.9 Å². The van der Waals surface area contributed by atoms with Crippen molar-refractivity contribution >= 4 is 26.8 Å². The largest absolute Gasteiger partial charge is 0.351 e. The molecule has 0 fully saturated rings. The third-order valence-electron chi connectivity index (χ3n) is 2.16. The van der Waals surface area contributed by atoms with Gasteiger partial charge < -0.3 is 4.57 Å². The van der Waals surface area contributed by atoms with E-state index in [-0.39, 0.29) is 0 Å². The van der Waals surface area contributed by atoms with Crippen molar-refractivity contribution in [3.8, 4) is 0 Å². The lowest BCUT2D eigenvalue weighted by Crippen LogP contribution is -1.84. The summed E-state index contributed by atoms with van der Waals surface area (Å²) in [6.45, 7) is 0. The number of alkyl halides is 1. The van der Waals surface area contributed by atoms with E-state index in [0.717, 1.165) is 5.33 Å². The number of benzene rings is 1. The number of halogens is 1. The molecule has 2 aromatic rings. The number of rotatable bonds is 1. The molecule has 0 bridgehead atoms. The minimum absolute atomic E-state index is 0.925. The van der Waals surface area contributed by atoms with Crippen LogP contribution in [0.4, 0.5) is 0 Å². The van der Waals surface area contributed by atoms with Crippen molar-refractivity contribution in [2.75, 3.05) is 0 Å². The topological polar surface area (TPSA) is 4.93 Å². The van der Waals surface area contributed by atoms with E-state index in [4.69, 9.17) is 0 Å². The Hall–Kier alpha value is -0.760. The van der Waals surface area contributed by atoms with Gasteiger partial charge in [-0.3, -0.25) is 0 Å². The molecule has 12 heavy (non-hydrogen) atoms. The molecule has 2 heteroatoms. The number of nitrogens with zero attached hydrogens (tertiary/aromatic N) is 1. The molecule has 0 amide bonds. The van der Waals surface area contributed by atoms with Gasteiger partial charge in [-0.2, -0.15) is 0 Å².